The molecule has 0 fully saturated rings. The van der Waals surface area contributed by atoms with Gasteiger partial charge in [0.05, 0.1) is 19.8 Å². The molecule has 156 valence electrons. The molecule has 31 heavy (non-hydrogen) atoms. The molecule has 1 heterocycles. The highest BCUT2D eigenvalue weighted by Crippen LogP contribution is 2.31. The normalized spacial score (nSPS) is 10.7. The molecular formula is C24H17ClO6. The number of carbonyl (C=O) groups excluding carboxylic acids is 1. The molecule has 4 rings (SSSR count). The van der Waals surface area contributed by atoms with E-state index in [4.69, 9.17) is 30.2 Å². The van der Waals surface area contributed by atoms with Crippen LogP contribution in [0, 0.1) is 0 Å². The number of benzene rings is 3. The highest BCUT2D eigenvalue weighted by Gasteiger charge is 2.21. The van der Waals surface area contributed by atoms with Gasteiger partial charge in [0.25, 0.3) is 0 Å². The smallest absolute Gasteiger partial charge is 0.351 e. The minimum atomic E-state index is -0.659. The lowest BCUT2D eigenvalue weighted by Gasteiger charge is -2.12. The van der Waals surface area contributed by atoms with E-state index in [1.165, 1.54) is 20.3 Å². The molecule has 0 saturated carbocycles. The van der Waals surface area contributed by atoms with E-state index in [2.05, 4.69) is 0 Å². The first-order chi connectivity index (χ1) is 15.0. The number of halogens is 1. The first-order valence-electron chi connectivity index (χ1n) is 9.27. The standard InChI is InChI=1S/C24H17ClO6/c1-28-19-4-3-5-20(29-2)22(19)24(27)30-17-11-8-15-12-18(23(26)31-21(15)13-17)14-6-9-16(25)10-7-14/h3-13H,1-2H3. The Hall–Kier alpha value is -3.77. The average molecular weight is 437 g/mol. The zero-order valence-corrected chi connectivity index (χ0v) is 17.4. The molecule has 3 aromatic carbocycles. The third-order valence-electron chi connectivity index (χ3n) is 4.71. The first kappa shape index (κ1) is 20.5. The molecular weight excluding hydrogens is 420 g/mol. The summed E-state index contributed by atoms with van der Waals surface area (Å²) in [5, 5.41) is 1.26. The summed E-state index contributed by atoms with van der Waals surface area (Å²) in [5.41, 5.74) is 1.04. The van der Waals surface area contributed by atoms with E-state index in [9.17, 15) is 9.59 Å². The van der Waals surface area contributed by atoms with Gasteiger partial charge in [-0.1, -0.05) is 29.8 Å². The first-order valence-corrected chi connectivity index (χ1v) is 9.65. The summed E-state index contributed by atoms with van der Waals surface area (Å²) in [5.74, 6) is 0.204. The number of carbonyl (C=O) groups is 1. The van der Waals surface area contributed by atoms with Crippen molar-refractivity contribution in [1.82, 2.24) is 0 Å². The minimum absolute atomic E-state index is 0.159. The van der Waals surface area contributed by atoms with Crippen molar-refractivity contribution < 1.29 is 23.4 Å². The minimum Gasteiger partial charge on any atom is -0.496 e. The molecule has 6 nitrogen and oxygen atoms in total. The van der Waals surface area contributed by atoms with Gasteiger partial charge < -0.3 is 18.6 Å². The second-order valence-electron chi connectivity index (χ2n) is 6.58. The van der Waals surface area contributed by atoms with Crippen molar-refractivity contribution in [2.24, 2.45) is 0 Å². The van der Waals surface area contributed by atoms with E-state index in [0.717, 1.165) is 0 Å². The molecule has 0 N–H and O–H groups in total. The van der Waals surface area contributed by atoms with Crippen molar-refractivity contribution >= 4 is 28.5 Å². The van der Waals surface area contributed by atoms with Crippen LogP contribution in [0.25, 0.3) is 22.1 Å². The Morgan fingerprint density at radius 1 is 0.903 bits per heavy atom. The Morgan fingerprint density at radius 2 is 1.58 bits per heavy atom. The summed E-state index contributed by atoms with van der Waals surface area (Å²) in [6.45, 7) is 0. The molecule has 4 aromatic rings. The lowest BCUT2D eigenvalue weighted by Crippen LogP contribution is -2.12. The fourth-order valence-electron chi connectivity index (χ4n) is 3.20. The van der Waals surface area contributed by atoms with Crippen molar-refractivity contribution in [3.8, 4) is 28.4 Å². The molecule has 0 bridgehead atoms. The Morgan fingerprint density at radius 3 is 2.23 bits per heavy atom. The number of rotatable bonds is 5. The second kappa shape index (κ2) is 8.53. The van der Waals surface area contributed by atoms with Gasteiger partial charge in [-0.2, -0.15) is 0 Å². The van der Waals surface area contributed by atoms with Crippen LogP contribution >= 0.6 is 11.6 Å². The van der Waals surface area contributed by atoms with Gasteiger partial charge in [0.2, 0.25) is 0 Å². The van der Waals surface area contributed by atoms with Gasteiger partial charge in [-0.15, -0.1) is 0 Å². The SMILES string of the molecule is COc1cccc(OC)c1C(=O)Oc1ccc2cc(-c3ccc(Cl)cc3)c(=O)oc2c1. The maximum absolute atomic E-state index is 12.8. The predicted octanol–water partition coefficient (Wildman–Crippen LogP) is 5.35. The summed E-state index contributed by atoms with van der Waals surface area (Å²) in [6.07, 6.45) is 0. The van der Waals surface area contributed by atoms with Gasteiger partial charge >= 0.3 is 11.6 Å². The Bertz CT molecular complexity index is 1300. The molecule has 1 aromatic heterocycles. The molecule has 0 aliphatic carbocycles. The van der Waals surface area contributed by atoms with Crippen LogP contribution in [-0.2, 0) is 0 Å². The van der Waals surface area contributed by atoms with Crippen molar-refractivity contribution in [3.63, 3.8) is 0 Å². The summed E-state index contributed by atoms with van der Waals surface area (Å²) in [6, 6.07) is 18.4. The number of fused-ring (bicyclic) bond motifs is 1. The van der Waals surface area contributed by atoms with Gasteiger partial charge in [0, 0.05) is 16.5 Å². The van der Waals surface area contributed by atoms with Gasteiger partial charge in [-0.05, 0) is 48.0 Å². The van der Waals surface area contributed by atoms with Gasteiger partial charge in [-0.25, -0.2) is 9.59 Å². The fourth-order valence-corrected chi connectivity index (χ4v) is 3.32. The quantitative estimate of drug-likeness (QED) is 0.238. The van der Waals surface area contributed by atoms with Gasteiger partial charge in [0.15, 0.2) is 0 Å². The fraction of sp³-hybridized carbons (Fsp3) is 0.0833. The van der Waals surface area contributed by atoms with E-state index in [0.29, 0.717) is 38.6 Å². The average Bonchev–Trinajstić information content (AvgIpc) is 2.78. The van der Waals surface area contributed by atoms with E-state index >= 15 is 0 Å². The van der Waals surface area contributed by atoms with Crippen LogP contribution in [0.15, 0.2) is 75.9 Å². The Kier molecular flexibility index (Phi) is 5.64. The maximum atomic E-state index is 12.8. The van der Waals surface area contributed by atoms with Crippen LogP contribution < -0.4 is 19.8 Å². The van der Waals surface area contributed by atoms with E-state index in [-0.39, 0.29) is 11.3 Å². The van der Waals surface area contributed by atoms with E-state index in [1.54, 1.807) is 60.7 Å². The molecule has 0 radical (unpaired) electrons. The van der Waals surface area contributed by atoms with E-state index in [1.807, 2.05) is 0 Å². The number of esters is 1. The van der Waals surface area contributed by atoms with Crippen LogP contribution in [0.3, 0.4) is 0 Å². The zero-order valence-electron chi connectivity index (χ0n) is 16.7. The number of hydrogen-bond donors (Lipinski definition) is 0. The molecule has 0 aliphatic rings. The lowest BCUT2D eigenvalue weighted by atomic mass is 10.1. The van der Waals surface area contributed by atoms with Crippen molar-refractivity contribution in [1.29, 1.82) is 0 Å². The molecule has 0 spiro atoms. The van der Waals surface area contributed by atoms with Gasteiger partial charge in [-0.3, -0.25) is 0 Å². The predicted molar refractivity (Wildman–Crippen MR) is 117 cm³/mol. The molecule has 0 saturated heterocycles. The Balaban J connectivity index is 1.68. The highest BCUT2D eigenvalue weighted by atomic mass is 35.5. The topological polar surface area (TPSA) is 75.0 Å². The third-order valence-corrected chi connectivity index (χ3v) is 4.96. The molecule has 0 amide bonds. The summed E-state index contributed by atoms with van der Waals surface area (Å²) in [4.78, 5) is 25.3. The summed E-state index contributed by atoms with van der Waals surface area (Å²) in [7, 11) is 2.91. The van der Waals surface area contributed by atoms with Crippen LogP contribution in [-0.4, -0.2) is 20.2 Å². The maximum Gasteiger partial charge on any atom is 0.351 e. The third kappa shape index (κ3) is 4.11. The highest BCUT2D eigenvalue weighted by molar-refractivity contribution is 6.30. The lowest BCUT2D eigenvalue weighted by molar-refractivity contribution is 0.0727. The largest absolute Gasteiger partial charge is 0.496 e. The van der Waals surface area contributed by atoms with Crippen LogP contribution in [0.2, 0.25) is 5.02 Å². The number of hydrogen-bond acceptors (Lipinski definition) is 6. The summed E-state index contributed by atoms with van der Waals surface area (Å²) >= 11 is 5.92. The van der Waals surface area contributed by atoms with Crippen molar-refractivity contribution in [2.75, 3.05) is 14.2 Å². The number of methoxy groups -OCH3 is 2. The van der Waals surface area contributed by atoms with Crippen LogP contribution in [0.4, 0.5) is 0 Å². The van der Waals surface area contributed by atoms with E-state index < -0.39 is 11.6 Å². The van der Waals surface area contributed by atoms with Gasteiger partial charge in [0.1, 0.15) is 28.4 Å². The molecule has 7 heteroatoms. The second-order valence-corrected chi connectivity index (χ2v) is 7.02. The Labute approximate surface area is 182 Å². The summed E-state index contributed by atoms with van der Waals surface area (Å²) < 4.78 is 21.4. The number of ether oxygens (including phenoxy) is 3. The molecule has 0 unspecified atom stereocenters. The molecule has 0 aliphatic heterocycles. The van der Waals surface area contributed by atoms with Crippen LogP contribution in [0.1, 0.15) is 10.4 Å². The zero-order chi connectivity index (χ0) is 22.0. The van der Waals surface area contributed by atoms with Crippen LogP contribution in [0.5, 0.6) is 17.2 Å². The van der Waals surface area contributed by atoms with Crippen molar-refractivity contribution in [3.05, 3.63) is 87.7 Å². The molecule has 0 atom stereocenters. The monoisotopic (exact) mass is 436 g/mol. The van der Waals surface area contributed by atoms with Crippen molar-refractivity contribution in [2.45, 2.75) is 0 Å².